The molecule has 0 bridgehead atoms. The zero-order chi connectivity index (χ0) is 17.5. The van der Waals surface area contributed by atoms with Crippen molar-refractivity contribution in [3.63, 3.8) is 0 Å². The normalized spacial score (nSPS) is 17.2. The molecule has 0 aromatic heterocycles. The number of urea groups is 1. The number of benzene rings is 1. The minimum atomic E-state index is -0.515. The van der Waals surface area contributed by atoms with Gasteiger partial charge in [0.15, 0.2) is 0 Å². The van der Waals surface area contributed by atoms with Crippen molar-refractivity contribution < 1.29 is 18.8 Å². The van der Waals surface area contributed by atoms with E-state index < -0.39 is 11.8 Å². The Morgan fingerprint density at radius 2 is 1.83 bits per heavy atom. The van der Waals surface area contributed by atoms with E-state index in [1.807, 2.05) is 0 Å². The van der Waals surface area contributed by atoms with Gasteiger partial charge in [0.1, 0.15) is 5.82 Å². The van der Waals surface area contributed by atoms with E-state index in [2.05, 4.69) is 10.6 Å². The highest BCUT2D eigenvalue weighted by Gasteiger charge is 2.27. The molecule has 1 aromatic rings. The Hall–Kier alpha value is -2.64. The van der Waals surface area contributed by atoms with Gasteiger partial charge in [-0.1, -0.05) is 0 Å². The van der Waals surface area contributed by atoms with Gasteiger partial charge in [-0.3, -0.25) is 9.59 Å². The topological polar surface area (TPSA) is 105 Å². The number of piperidine rings is 1. The van der Waals surface area contributed by atoms with Gasteiger partial charge >= 0.3 is 6.03 Å². The molecule has 2 rings (SSSR count). The fourth-order valence-corrected chi connectivity index (χ4v) is 2.60. The predicted octanol–water partition coefficient (Wildman–Crippen LogP) is 0.462. The van der Waals surface area contributed by atoms with Crippen molar-refractivity contribution >= 4 is 17.8 Å². The molecule has 130 valence electrons. The molecular weight excluding hydrogens is 315 g/mol. The molecule has 1 heterocycles. The van der Waals surface area contributed by atoms with Gasteiger partial charge in [0.2, 0.25) is 5.91 Å². The number of likely N-dealkylation sites (tertiary alicyclic amines) is 1. The molecule has 1 atom stereocenters. The summed E-state index contributed by atoms with van der Waals surface area (Å²) in [5.74, 6) is -1.17. The summed E-state index contributed by atoms with van der Waals surface area (Å²) >= 11 is 0. The molecule has 0 saturated carbocycles. The maximum absolute atomic E-state index is 12.8. The number of hydrogen-bond acceptors (Lipinski definition) is 3. The Bertz CT molecular complexity index is 606. The van der Waals surface area contributed by atoms with Crippen molar-refractivity contribution in [1.82, 2.24) is 15.5 Å². The van der Waals surface area contributed by atoms with Crippen molar-refractivity contribution in [2.24, 2.45) is 11.7 Å². The third-order valence-corrected chi connectivity index (χ3v) is 3.92. The van der Waals surface area contributed by atoms with Crippen LogP contribution in [-0.4, -0.2) is 48.9 Å². The maximum Gasteiger partial charge on any atom is 0.314 e. The number of carbonyl (C=O) groups excluding carboxylic acids is 3. The van der Waals surface area contributed by atoms with Crippen LogP contribution < -0.4 is 16.4 Å². The van der Waals surface area contributed by atoms with Crippen LogP contribution in [0.25, 0.3) is 0 Å². The van der Waals surface area contributed by atoms with E-state index in [1.165, 1.54) is 29.2 Å². The monoisotopic (exact) mass is 336 g/mol. The summed E-state index contributed by atoms with van der Waals surface area (Å²) in [5, 5.41) is 5.38. The van der Waals surface area contributed by atoms with Gasteiger partial charge in [0.05, 0.1) is 5.92 Å². The molecule has 0 unspecified atom stereocenters. The Morgan fingerprint density at radius 1 is 1.17 bits per heavy atom. The van der Waals surface area contributed by atoms with Crippen molar-refractivity contribution in [2.75, 3.05) is 26.2 Å². The van der Waals surface area contributed by atoms with E-state index in [-0.39, 0.29) is 30.8 Å². The van der Waals surface area contributed by atoms with Crippen LogP contribution in [0.3, 0.4) is 0 Å². The first-order chi connectivity index (χ1) is 11.5. The Kier molecular flexibility index (Phi) is 6.11. The molecule has 0 radical (unpaired) electrons. The lowest BCUT2D eigenvalue weighted by Gasteiger charge is -2.30. The summed E-state index contributed by atoms with van der Waals surface area (Å²) in [4.78, 5) is 36.5. The molecule has 4 amide bonds. The summed E-state index contributed by atoms with van der Waals surface area (Å²) in [5.41, 5.74) is 5.59. The number of nitrogens with one attached hydrogen (secondary N) is 2. The average Bonchev–Trinajstić information content (AvgIpc) is 2.59. The Morgan fingerprint density at radius 3 is 2.50 bits per heavy atom. The molecule has 1 aliphatic heterocycles. The van der Waals surface area contributed by atoms with Gasteiger partial charge in [-0.05, 0) is 37.1 Å². The van der Waals surface area contributed by atoms with Crippen molar-refractivity contribution in [3.05, 3.63) is 35.6 Å². The van der Waals surface area contributed by atoms with E-state index in [0.717, 1.165) is 6.42 Å². The van der Waals surface area contributed by atoms with E-state index in [0.29, 0.717) is 25.1 Å². The zero-order valence-corrected chi connectivity index (χ0v) is 13.3. The van der Waals surface area contributed by atoms with Gasteiger partial charge in [-0.15, -0.1) is 0 Å². The quantitative estimate of drug-likeness (QED) is 0.680. The van der Waals surface area contributed by atoms with Crippen LogP contribution in [-0.2, 0) is 4.79 Å². The van der Waals surface area contributed by atoms with E-state index in [1.54, 1.807) is 0 Å². The summed E-state index contributed by atoms with van der Waals surface area (Å²) in [7, 11) is 0. The second-order valence-electron chi connectivity index (χ2n) is 5.68. The fraction of sp³-hybridized carbons (Fsp3) is 0.438. The number of hydrogen-bond donors (Lipinski definition) is 3. The highest BCUT2D eigenvalue weighted by atomic mass is 19.1. The molecule has 7 nitrogen and oxygen atoms in total. The van der Waals surface area contributed by atoms with Crippen molar-refractivity contribution in [3.8, 4) is 0 Å². The van der Waals surface area contributed by atoms with Gasteiger partial charge in [-0.25, -0.2) is 9.18 Å². The first-order valence-electron chi connectivity index (χ1n) is 7.83. The Labute approximate surface area is 139 Å². The largest absolute Gasteiger partial charge is 0.354 e. The van der Waals surface area contributed by atoms with Crippen molar-refractivity contribution in [1.29, 1.82) is 0 Å². The molecule has 4 N–H and O–H groups in total. The molecule has 1 aromatic carbocycles. The smallest absolute Gasteiger partial charge is 0.314 e. The van der Waals surface area contributed by atoms with Crippen LogP contribution in [0.15, 0.2) is 24.3 Å². The molecule has 1 fully saturated rings. The van der Waals surface area contributed by atoms with Crippen LogP contribution in [0.5, 0.6) is 0 Å². The molecule has 1 aliphatic rings. The predicted molar refractivity (Wildman–Crippen MR) is 85.6 cm³/mol. The first kappa shape index (κ1) is 17.7. The fourth-order valence-electron chi connectivity index (χ4n) is 2.60. The van der Waals surface area contributed by atoms with Gasteiger partial charge in [-0.2, -0.15) is 0 Å². The second kappa shape index (κ2) is 8.28. The van der Waals surface area contributed by atoms with Crippen LogP contribution in [0, 0.1) is 11.7 Å². The minimum Gasteiger partial charge on any atom is -0.354 e. The van der Waals surface area contributed by atoms with Crippen LogP contribution in [0.2, 0.25) is 0 Å². The lowest BCUT2D eigenvalue weighted by atomic mass is 9.97. The SMILES string of the molecule is NC(=O)N1CCC[C@@H](C(=O)NCCNC(=O)c2ccc(F)cc2)C1. The number of rotatable bonds is 5. The highest BCUT2D eigenvalue weighted by Crippen LogP contribution is 2.16. The Balaban J connectivity index is 1.70. The molecular formula is C16H21FN4O3. The standard InChI is InChI=1S/C16H21FN4O3/c17-13-5-3-11(4-6-13)14(22)19-7-8-20-15(23)12-2-1-9-21(10-12)16(18)24/h3-6,12H,1-2,7-10H2,(H2,18,24)(H,19,22)(H,20,23)/t12-/m1/s1. The maximum atomic E-state index is 12.8. The first-order valence-corrected chi connectivity index (χ1v) is 7.83. The summed E-state index contributed by atoms with van der Waals surface area (Å²) in [6, 6.07) is 4.70. The average molecular weight is 336 g/mol. The number of nitrogens with zero attached hydrogens (tertiary/aromatic N) is 1. The third-order valence-electron chi connectivity index (χ3n) is 3.92. The lowest BCUT2D eigenvalue weighted by Crippen LogP contribution is -2.48. The van der Waals surface area contributed by atoms with E-state index in [9.17, 15) is 18.8 Å². The highest BCUT2D eigenvalue weighted by molar-refractivity contribution is 5.94. The number of nitrogens with two attached hydrogens (primary N) is 1. The summed E-state index contributed by atoms with van der Waals surface area (Å²) < 4.78 is 12.8. The van der Waals surface area contributed by atoms with Crippen molar-refractivity contribution in [2.45, 2.75) is 12.8 Å². The van der Waals surface area contributed by atoms with E-state index >= 15 is 0 Å². The minimum absolute atomic E-state index is 0.156. The molecule has 0 aliphatic carbocycles. The van der Waals surface area contributed by atoms with Gasteiger partial charge in [0, 0.05) is 31.7 Å². The lowest BCUT2D eigenvalue weighted by molar-refractivity contribution is -0.126. The molecule has 24 heavy (non-hydrogen) atoms. The summed E-state index contributed by atoms with van der Waals surface area (Å²) in [6.07, 6.45) is 1.44. The van der Waals surface area contributed by atoms with Crippen LogP contribution >= 0.6 is 0 Å². The van der Waals surface area contributed by atoms with Crippen LogP contribution in [0.1, 0.15) is 23.2 Å². The molecule has 8 heteroatoms. The second-order valence-corrected chi connectivity index (χ2v) is 5.68. The number of primary amides is 1. The zero-order valence-electron chi connectivity index (χ0n) is 13.3. The van der Waals surface area contributed by atoms with Crippen LogP contribution in [0.4, 0.5) is 9.18 Å². The molecule has 0 spiro atoms. The molecule has 1 saturated heterocycles. The number of halogens is 1. The number of carbonyl (C=O) groups is 3. The van der Waals surface area contributed by atoms with Gasteiger partial charge < -0.3 is 21.3 Å². The summed E-state index contributed by atoms with van der Waals surface area (Å²) in [6.45, 7) is 1.43. The van der Waals surface area contributed by atoms with E-state index in [4.69, 9.17) is 5.73 Å². The number of amides is 4. The van der Waals surface area contributed by atoms with Gasteiger partial charge in [0.25, 0.3) is 5.91 Å². The third kappa shape index (κ3) is 4.94.